The molecule has 0 bridgehead atoms. The predicted octanol–water partition coefficient (Wildman–Crippen LogP) is 0.986. The van der Waals surface area contributed by atoms with Crippen LogP contribution in [0.15, 0.2) is 46.5 Å². The first-order chi connectivity index (χ1) is 14.1. The van der Waals surface area contributed by atoms with E-state index in [4.69, 9.17) is 0 Å². The molecule has 0 aliphatic carbocycles. The molecular weight excluding hydrogens is 392 g/mol. The second kappa shape index (κ2) is 8.48. The normalized spacial score (nSPS) is 17.0. The lowest BCUT2D eigenvalue weighted by Gasteiger charge is -2.15. The Balaban J connectivity index is 1.56. The third-order valence-electron chi connectivity index (χ3n) is 4.67. The smallest absolute Gasteiger partial charge is 0.269 e. The number of benzene rings is 1. The Bertz CT molecular complexity index is 1090. The molecule has 2 aromatic heterocycles. The molecule has 0 saturated carbocycles. The van der Waals surface area contributed by atoms with Gasteiger partial charge < -0.3 is 10.6 Å². The van der Waals surface area contributed by atoms with Crippen LogP contribution in [0, 0.1) is 0 Å². The van der Waals surface area contributed by atoms with Crippen LogP contribution in [0.2, 0.25) is 0 Å². The number of para-hydroxylation sites is 1. The van der Waals surface area contributed by atoms with E-state index in [0.29, 0.717) is 34.8 Å². The van der Waals surface area contributed by atoms with Gasteiger partial charge in [-0.25, -0.2) is 4.98 Å². The maximum Gasteiger partial charge on any atom is 0.269 e. The Morgan fingerprint density at radius 1 is 1.24 bits per heavy atom. The lowest BCUT2D eigenvalue weighted by atomic mass is 10.1. The number of nitrogens with one attached hydrogen (secondary N) is 3. The number of carbonyl (C=O) groups excluding carboxylic acids is 2. The van der Waals surface area contributed by atoms with E-state index in [1.807, 2.05) is 18.2 Å². The fourth-order valence-corrected chi connectivity index (χ4v) is 4.04. The third-order valence-corrected chi connectivity index (χ3v) is 5.61. The van der Waals surface area contributed by atoms with Crippen LogP contribution in [0.3, 0.4) is 0 Å². The molecule has 9 nitrogen and oxygen atoms in total. The summed E-state index contributed by atoms with van der Waals surface area (Å²) in [4.78, 5) is 41.9. The van der Waals surface area contributed by atoms with Crippen molar-refractivity contribution in [3.8, 4) is 5.69 Å². The molecule has 4 rings (SSSR count). The number of amides is 2. The van der Waals surface area contributed by atoms with Crippen molar-refractivity contribution in [3.63, 3.8) is 0 Å². The molecule has 1 atom stereocenters. The van der Waals surface area contributed by atoms with Gasteiger partial charge in [0.2, 0.25) is 11.8 Å². The molecule has 3 heterocycles. The molecular formula is C19H20N6O3S. The van der Waals surface area contributed by atoms with Crippen LogP contribution >= 0.6 is 11.8 Å². The zero-order valence-corrected chi connectivity index (χ0v) is 16.4. The molecule has 0 spiro atoms. The van der Waals surface area contributed by atoms with Crippen LogP contribution < -0.4 is 16.2 Å². The maximum absolute atomic E-state index is 12.9. The van der Waals surface area contributed by atoms with E-state index in [9.17, 15) is 14.4 Å². The van der Waals surface area contributed by atoms with Crippen LogP contribution in [0.25, 0.3) is 16.7 Å². The summed E-state index contributed by atoms with van der Waals surface area (Å²) >= 11 is 1.14. The second-order valence-electron chi connectivity index (χ2n) is 6.70. The molecule has 0 radical (unpaired) electrons. The van der Waals surface area contributed by atoms with Gasteiger partial charge in [0, 0.05) is 6.54 Å². The van der Waals surface area contributed by atoms with E-state index >= 15 is 0 Å². The van der Waals surface area contributed by atoms with Crippen molar-refractivity contribution in [2.45, 2.75) is 30.5 Å². The van der Waals surface area contributed by atoms with Gasteiger partial charge in [-0.15, -0.1) is 0 Å². The Hall–Kier alpha value is -3.14. The molecule has 3 aromatic rings. The van der Waals surface area contributed by atoms with Gasteiger partial charge in [0.1, 0.15) is 11.4 Å². The highest BCUT2D eigenvalue weighted by Crippen LogP contribution is 2.20. The fourth-order valence-electron chi connectivity index (χ4n) is 3.22. The van der Waals surface area contributed by atoms with Crippen molar-refractivity contribution >= 4 is 34.6 Å². The molecule has 29 heavy (non-hydrogen) atoms. The zero-order valence-electron chi connectivity index (χ0n) is 15.6. The third kappa shape index (κ3) is 4.16. The van der Waals surface area contributed by atoms with Gasteiger partial charge in [-0.05, 0) is 31.4 Å². The Morgan fingerprint density at radius 3 is 2.90 bits per heavy atom. The van der Waals surface area contributed by atoms with E-state index < -0.39 is 6.04 Å². The monoisotopic (exact) mass is 412 g/mol. The highest BCUT2D eigenvalue weighted by molar-refractivity contribution is 7.99. The van der Waals surface area contributed by atoms with Gasteiger partial charge in [0.15, 0.2) is 10.8 Å². The highest BCUT2D eigenvalue weighted by Gasteiger charge is 2.23. The first-order valence-corrected chi connectivity index (χ1v) is 10.3. The number of thioether (sulfide) groups is 1. The quantitative estimate of drug-likeness (QED) is 0.424. The van der Waals surface area contributed by atoms with Crippen molar-refractivity contribution in [3.05, 3.63) is 46.9 Å². The van der Waals surface area contributed by atoms with Crippen molar-refractivity contribution in [1.29, 1.82) is 0 Å². The zero-order chi connectivity index (χ0) is 20.2. The first-order valence-electron chi connectivity index (χ1n) is 9.35. The molecule has 2 amide bonds. The van der Waals surface area contributed by atoms with Crippen LogP contribution in [0.5, 0.6) is 0 Å². The Labute approximate surface area is 170 Å². The summed E-state index contributed by atoms with van der Waals surface area (Å²) in [6.07, 6.45) is 3.85. The van der Waals surface area contributed by atoms with Crippen molar-refractivity contribution < 1.29 is 9.59 Å². The Kier molecular flexibility index (Phi) is 5.61. The minimum absolute atomic E-state index is 0.0305. The molecule has 1 aromatic carbocycles. The van der Waals surface area contributed by atoms with Crippen LogP contribution in [-0.2, 0) is 9.59 Å². The van der Waals surface area contributed by atoms with Crippen LogP contribution in [0.1, 0.15) is 19.3 Å². The van der Waals surface area contributed by atoms with Gasteiger partial charge >= 0.3 is 0 Å². The van der Waals surface area contributed by atoms with Crippen molar-refractivity contribution in [1.82, 2.24) is 30.4 Å². The first kappa shape index (κ1) is 19.2. The van der Waals surface area contributed by atoms with E-state index in [1.54, 1.807) is 12.1 Å². The lowest BCUT2D eigenvalue weighted by Crippen LogP contribution is -2.46. The van der Waals surface area contributed by atoms with Gasteiger partial charge in [-0.3, -0.25) is 24.0 Å². The van der Waals surface area contributed by atoms with Gasteiger partial charge in [-0.1, -0.05) is 30.0 Å². The minimum atomic E-state index is -0.523. The number of carbonyl (C=O) groups is 2. The number of rotatable bonds is 5. The topological polar surface area (TPSA) is 122 Å². The molecule has 150 valence electrons. The fraction of sp³-hybridized carbons (Fsp3) is 0.316. The van der Waals surface area contributed by atoms with E-state index in [0.717, 1.165) is 24.6 Å². The van der Waals surface area contributed by atoms with Gasteiger partial charge in [-0.2, -0.15) is 5.10 Å². The van der Waals surface area contributed by atoms with E-state index in [-0.39, 0.29) is 23.1 Å². The number of fused-ring (bicyclic) bond motifs is 1. The molecule has 3 N–H and O–H groups in total. The number of hydrogen-bond acceptors (Lipinski definition) is 6. The molecule has 1 unspecified atom stereocenters. The summed E-state index contributed by atoms with van der Waals surface area (Å²) in [7, 11) is 0. The van der Waals surface area contributed by atoms with Gasteiger partial charge in [0.05, 0.1) is 17.6 Å². The number of H-pyrrole nitrogens is 1. The molecule has 1 saturated heterocycles. The van der Waals surface area contributed by atoms with Crippen LogP contribution in [0.4, 0.5) is 0 Å². The molecule has 10 heteroatoms. The van der Waals surface area contributed by atoms with Crippen molar-refractivity contribution in [2.24, 2.45) is 0 Å². The average molecular weight is 412 g/mol. The lowest BCUT2D eigenvalue weighted by molar-refractivity contribution is -0.127. The molecule has 1 fully saturated rings. The molecule has 1 aliphatic heterocycles. The number of hydrogen-bond donors (Lipinski definition) is 3. The van der Waals surface area contributed by atoms with Crippen LogP contribution in [-0.4, -0.2) is 49.9 Å². The molecule has 1 aliphatic rings. The standard InChI is InChI=1S/C19H20N6O3S/c26-15(22-14-8-4-5-9-20-17(14)27)11-29-19-23-16-13(10-21-24-16)18(28)25(19)12-6-2-1-3-7-12/h1-3,6-7,10,14H,4-5,8-9,11H2,(H,20,27)(H,21,24)(H,22,26). The number of nitrogens with zero attached hydrogens (tertiary/aromatic N) is 3. The summed E-state index contributed by atoms with van der Waals surface area (Å²) < 4.78 is 1.47. The summed E-state index contributed by atoms with van der Waals surface area (Å²) in [5, 5.41) is 12.9. The Morgan fingerprint density at radius 2 is 2.07 bits per heavy atom. The minimum Gasteiger partial charge on any atom is -0.354 e. The second-order valence-corrected chi connectivity index (χ2v) is 7.64. The summed E-state index contributed by atoms with van der Waals surface area (Å²) in [6.45, 7) is 0.636. The predicted molar refractivity (Wildman–Crippen MR) is 109 cm³/mol. The average Bonchev–Trinajstić information content (AvgIpc) is 3.11. The SMILES string of the molecule is O=C(CSc1nc2[nH]ncc2c(=O)n1-c1ccccc1)NC1CCCCNC1=O. The van der Waals surface area contributed by atoms with Gasteiger partial charge in [0.25, 0.3) is 5.56 Å². The number of aromatic amines is 1. The van der Waals surface area contributed by atoms with E-state index in [2.05, 4.69) is 25.8 Å². The van der Waals surface area contributed by atoms with E-state index in [1.165, 1.54) is 10.8 Å². The largest absolute Gasteiger partial charge is 0.354 e. The summed E-state index contributed by atoms with van der Waals surface area (Å²) in [5.74, 6) is -0.405. The summed E-state index contributed by atoms with van der Waals surface area (Å²) in [5.41, 5.74) is 0.758. The maximum atomic E-state index is 12.9. The van der Waals surface area contributed by atoms with Crippen molar-refractivity contribution in [2.75, 3.05) is 12.3 Å². The summed E-state index contributed by atoms with van der Waals surface area (Å²) in [6, 6.07) is 8.59. The highest BCUT2D eigenvalue weighted by atomic mass is 32.2. The number of aromatic nitrogens is 4.